The molecule has 0 aliphatic heterocycles. The van der Waals surface area contributed by atoms with Crippen molar-refractivity contribution in [1.82, 2.24) is 15.1 Å². The van der Waals surface area contributed by atoms with E-state index in [-0.39, 0.29) is 30.7 Å². The predicted molar refractivity (Wildman–Crippen MR) is 81.2 cm³/mol. The average molecular weight is 312 g/mol. The standard InChI is InChI=1S/C13H17N5O2.ClH/c1-8(2)13-17-12(20-18-13)6-5-11(19)16-9-3-4-10(14)15-7-9;/h3-4,7-8H,5-6H2,1-2H3,(H2,14,15)(H,16,19);1H. The van der Waals surface area contributed by atoms with Crippen LogP contribution in [0.1, 0.15) is 37.9 Å². The van der Waals surface area contributed by atoms with Gasteiger partial charge in [-0.3, -0.25) is 4.79 Å². The van der Waals surface area contributed by atoms with E-state index < -0.39 is 0 Å². The van der Waals surface area contributed by atoms with Crippen LogP contribution in [0, 0.1) is 0 Å². The van der Waals surface area contributed by atoms with Gasteiger partial charge in [0.15, 0.2) is 5.82 Å². The lowest BCUT2D eigenvalue weighted by Gasteiger charge is -2.03. The van der Waals surface area contributed by atoms with E-state index in [1.165, 1.54) is 6.20 Å². The lowest BCUT2D eigenvalue weighted by atomic mass is 10.2. The van der Waals surface area contributed by atoms with Crippen LogP contribution in [-0.2, 0) is 11.2 Å². The smallest absolute Gasteiger partial charge is 0.227 e. The molecule has 21 heavy (non-hydrogen) atoms. The van der Waals surface area contributed by atoms with Gasteiger partial charge in [-0.15, -0.1) is 12.4 Å². The molecule has 114 valence electrons. The van der Waals surface area contributed by atoms with Gasteiger partial charge in [-0.1, -0.05) is 19.0 Å². The molecule has 0 aromatic carbocycles. The van der Waals surface area contributed by atoms with Gasteiger partial charge in [-0.2, -0.15) is 4.98 Å². The van der Waals surface area contributed by atoms with Crippen molar-refractivity contribution in [3.05, 3.63) is 30.0 Å². The Bertz CT molecular complexity index is 583. The van der Waals surface area contributed by atoms with Crippen LogP contribution in [0.4, 0.5) is 11.5 Å². The minimum atomic E-state index is -0.138. The fourth-order valence-corrected chi connectivity index (χ4v) is 1.53. The molecule has 2 aromatic rings. The van der Waals surface area contributed by atoms with E-state index in [0.29, 0.717) is 29.6 Å². The van der Waals surface area contributed by atoms with Crippen LogP contribution >= 0.6 is 12.4 Å². The zero-order valence-corrected chi connectivity index (χ0v) is 12.7. The van der Waals surface area contributed by atoms with Crippen LogP contribution in [0.2, 0.25) is 0 Å². The number of carbonyl (C=O) groups excluding carboxylic acids is 1. The highest BCUT2D eigenvalue weighted by molar-refractivity contribution is 5.90. The lowest BCUT2D eigenvalue weighted by molar-refractivity contribution is -0.116. The number of hydrogen-bond donors (Lipinski definition) is 2. The van der Waals surface area contributed by atoms with Crippen molar-refractivity contribution in [3.8, 4) is 0 Å². The molecule has 0 aliphatic carbocycles. The summed E-state index contributed by atoms with van der Waals surface area (Å²) >= 11 is 0. The highest BCUT2D eigenvalue weighted by atomic mass is 35.5. The number of hydrogen-bond acceptors (Lipinski definition) is 6. The topological polar surface area (TPSA) is 107 Å². The van der Waals surface area contributed by atoms with E-state index in [2.05, 4.69) is 20.4 Å². The maximum absolute atomic E-state index is 11.8. The molecule has 2 aromatic heterocycles. The van der Waals surface area contributed by atoms with Crippen molar-refractivity contribution in [2.75, 3.05) is 11.1 Å². The molecule has 0 aliphatic rings. The van der Waals surface area contributed by atoms with Gasteiger partial charge in [-0.25, -0.2) is 4.98 Å². The number of pyridine rings is 1. The molecule has 7 nitrogen and oxygen atoms in total. The van der Waals surface area contributed by atoms with Crippen molar-refractivity contribution in [1.29, 1.82) is 0 Å². The summed E-state index contributed by atoms with van der Waals surface area (Å²) < 4.78 is 5.07. The Morgan fingerprint density at radius 1 is 1.43 bits per heavy atom. The van der Waals surface area contributed by atoms with Crippen LogP contribution < -0.4 is 11.1 Å². The number of nitrogens with one attached hydrogen (secondary N) is 1. The minimum absolute atomic E-state index is 0. The van der Waals surface area contributed by atoms with E-state index in [0.717, 1.165) is 0 Å². The number of nitrogens with two attached hydrogens (primary N) is 1. The second kappa shape index (κ2) is 7.58. The molecule has 0 unspecified atom stereocenters. The summed E-state index contributed by atoms with van der Waals surface area (Å²) in [6.45, 7) is 3.96. The fourth-order valence-electron chi connectivity index (χ4n) is 1.53. The van der Waals surface area contributed by atoms with Crippen LogP contribution in [0.5, 0.6) is 0 Å². The second-order valence-corrected chi connectivity index (χ2v) is 4.72. The van der Waals surface area contributed by atoms with Crippen molar-refractivity contribution in [2.45, 2.75) is 32.6 Å². The summed E-state index contributed by atoms with van der Waals surface area (Å²) in [5.74, 6) is 1.61. The molecular formula is C13H18ClN5O2. The maximum Gasteiger partial charge on any atom is 0.227 e. The molecular weight excluding hydrogens is 294 g/mol. The molecule has 0 radical (unpaired) electrons. The third-order valence-electron chi connectivity index (χ3n) is 2.64. The average Bonchev–Trinajstić information content (AvgIpc) is 2.88. The van der Waals surface area contributed by atoms with Gasteiger partial charge in [0.05, 0.1) is 11.9 Å². The van der Waals surface area contributed by atoms with Gasteiger partial charge in [0.2, 0.25) is 11.8 Å². The van der Waals surface area contributed by atoms with E-state index in [9.17, 15) is 4.79 Å². The van der Waals surface area contributed by atoms with Gasteiger partial charge < -0.3 is 15.6 Å². The first kappa shape index (κ1) is 16.9. The van der Waals surface area contributed by atoms with E-state index in [4.69, 9.17) is 10.3 Å². The fraction of sp³-hybridized carbons (Fsp3) is 0.385. The largest absolute Gasteiger partial charge is 0.384 e. The number of nitrogens with zero attached hydrogens (tertiary/aromatic N) is 3. The van der Waals surface area contributed by atoms with Gasteiger partial charge in [0.25, 0.3) is 0 Å². The highest BCUT2D eigenvalue weighted by Crippen LogP contribution is 2.11. The summed E-state index contributed by atoms with van der Waals surface area (Å²) in [5, 5.41) is 6.57. The molecule has 3 N–H and O–H groups in total. The Balaban J connectivity index is 0.00000220. The molecule has 0 saturated heterocycles. The van der Waals surface area contributed by atoms with Crippen LogP contribution in [0.3, 0.4) is 0 Å². The first-order valence-corrected chi connectivity index (χ1v) is 6.38. The number of carbonyl (C=O) groups is 1. The Kier molecular flexibility index (Phi) is 6.10. The molecule has 1 amide bonds. The number of amides is 1. The SMILES string of the molecule is CC(C)c1noc(CCC(=O)Nc2ccc(N)nc2)n1.Cl. The van der Waals surface area contributed by atoms with E-state index in [1.54, 1.807) is 12.1 Å². The van der Waals surface area contributed by atoms with Crippen LogP contribution in [-0.4, -0.2) is 21.0 Å². The number of rotatable bonds is 5. The zero-order chi connectivity index (χ0) is 14.5. The summed E-state index contributed by atoms with van der Waals surface area (Å²) in [4.78, 5) is 19.9. The molecule has 0 atom stereocenters. The van der Waals surface area contributed by atoms with Gasteiger partial charge in [0.1, 0.15) is 5.82 Å². The monoisotopic (exact) mass is 311 g/mol. The first-order valence-electron chi connectivity index (χ1n) is 6.38. The normalized spacial score (nSPS) is 10.2. The molecule has 8 heteroatoms. The quantitative estimate of drug-likeness (QED) is 0.876. The van der Waals surface area contributed by atoms with Gasteiger partial charge in [-0.05, 0) is 12.1 Å². The Hall–Kier alpha value is -2.15. The summed E-state index contributed by atoms with van der Waals surface area (Å²) in [6, 6.07) is 3.33. The number of nitrogen functional groups attached to an aromatic ring is 1. The Morgan fingerprint density at radius 2 is 2.19 bits per heavy atom. The molecule has 0 fully saturated rings. The highest BCUT2D eigenvalue weighted by Gasteiger charge is 2.11. The van der Waals surface area contributed by atoms with Crippen LogP contribution in [0.25, 0.3) is 0 Å². The van der Waals surface area contributed by atoms with Gasteiger partial charge >= 0.3 is 0 Å². The van der Waals surface area contributed by atoms with Crippen molar-refractivity contribution >= 4 is 29.8 Å². The molecule has 0 saturated carbocycles. The summed E-state index contributed by atoms with van der Waals surface area (Å²) in [5.41, 5.74) is 6.08. The van der Waals surface area contributed by atoms with Gasteiger partial charge in [0, 0.05) is 18.8 Å². The minimum Gasteiger partial charge on any atom is -0.384 e. The molecule has 0 bridgehead atoms. The predicted octanol–water partition coefficient (Wildman–Crippen LogP) is 2.16. The van der Waals surface area contributed by atoms with E-state index in [1.807, 2.05) is 13.8 Å². The number of halogens is 1. The van der Waals surface area contributed by atoms with E-state index >= 15 is 0 Å². The maximum atomic E-state index is 11.8. The Morgan fingerprint density at radius 3 is 2.76 bits per heavy atom. The first-order chi connectivity index (χ1) is 9.54. The summed E-state index contributed by atoms with van der Waals surface area (Å²) in [6.07, 6.45) is 2.19. The second-order valence-electron chi connectivity index (χ2n) is 4.72. The molecule has 2 heterocycles. The van der Waals surface area contributed by atoms with Crippen LogP contribution in [0.15, 0.2) is 22.9 Å². The van der Waals surface area contributed by atoms with Crippen molar-refractivity contribution in [2.24, 2.45) is 0 Å². The third kappa shape index (κ3) is 5.03. The number of aryl methyl sites for hydroxylation is 1. The molecule has 0 spiro atoms. The number of aromatic nitrogens is 3. The number of anilines is 2. The zero-order valence-electron chi connectivity index (χ0n) is 11.9. The van der Waals surface area contributed by atoms with Crippen molar-refractivity contribution < 1.29 is 9.32 Å². The van der Waals surface area contributed by atoms with Crippen molar-refractivity contribution in [3.63, 3.8) is 0 Å². The lowest BCUT2D eigenvalue weighted by Crippen LogP contribution is -2.12. The third-order valence-corrected chi connectivity index (χ3v) is 2.64. The molecule has 2 rings (SSSR count). The Labute approximate surface area is 128 Å². The summed E-state index contributed by atoms with van der Waals surface area (Å²) in [7, 11) is 0.